The Hall–Kier alpha value is -1.67. The SMILES string of the molecule is CCCN(Cc1ccccc1)Cc1ccccn1. The molecule has 18 heavy (non-hydrogen) atoms. The van der Waals surface area contributed by atoms with Gasteiger partial charge in [0.2, 0.25) is 0 Å². The van der Waals surface area contributed by atoms with Gasteiger partial charge in [-0.05, 0) is 30.7 Å². The van der Waals surface area contributed by atoms with Crippen molar-refractivity contribution in [2.24, 2.45) is 0 Å². The second-order valence-corrected chi connectivity index (χ2v) is 4.52. The molecule has 1 heterocycles. The molecule has 2 heteroatoms. The number of benzene rings is 1. The van der Waals surface area contributed by atoms with Crippen LogP contribution in [0, 0.1) is 0 Å². The molecule has 0 amide bonds. The standard InChI is InChI=1S/C16H20N2/c1-2-12-18(13-15-8-4-3-5-9-15)14-16-10-6-7-11-17-16/h3-11H,2,12-14H2,1H3. The van der Waals surface area contributed by atoms with Gasteiger partial charge < -0.3 is 0 Å². The monoisotopic (exact) mass is 240 g/mol. The molecule has 0 saturated carbocycles. The summed E-state index contributed by atoms with van der Waals surface area (Å²) >= 11 is 0. The molecule has 94 valence electrons. The number of hydrogen-bond donors (Lipinski definition) is 0. The zero-order chi connectivity index (χ0) is 12.6. The topological polar surface area (TPSA) is 16.1 Å². The maximum absolute atomic E-state index is 4.40. The van der Waals surface area contributed by atoms with E-state index in [1.165, 1.54) is 12.0 Å². The van der Waals surface area contributed by atoms with Crippen LogP contribution in [0.2, 0.25) is 0 Å². The molecule has 0 bridgehead atoms. The van der Waals surface area contributed by atoms with Crippen molar-refractivity contribution in [3.63, 3.8) is 0 Å². The van der Waals surface area contributed by atoms with Crippen LogP contribution in [0.15, 0.2) is 54.7 Å². The molecule has 0 aliphatic rings. The number of aromatic nitrogens is 1. The summed E-state index contributed by atoms with van der Waals surface area (Å²) in [6, 6.07) is 16.7. The Balaban J connectivity index is 2.00. The van der Waals surface area contributed by atoms with E-state index in [0.717, 1.165) is 25.3 Å². The quantitative estimate of drug-likeness (QED) is 0.768. The van der Waals surface area contributed by atoms with Crippen molar-refractivity contribution in [3.8, 4) is 0 Å². The van der Waals surface area contributed by atoms with E-state index in [9.17, 15) is 0 Å². The van der Waals surface area contributed by atoms with Crippen LogP contribution in [0.3, 0.4) is 0 Å². The number of nitrogens with zero attached hydrogens (tertiary/aromatic N) is 2. The zero-order valence-corrected chi connectivity index (χ0v) is 10.9. The molecule has 0 unspecified atom stereocenters. The second-order valence-electron chi connectivity index (χ2n) is 4.52. The molecule has 0 aliphatic carbocycles. The zero-order valence-electron chi connectivity index (χ0n) is 10.9. The van der Waals surface area contributed by atoms with Crippen molar-refractivity contribution in [2.45, 2.75) is 26.4 Å². The maximum atomic E-state index is 4.40. The van der Waals surface area contributed by atoms with Crippen LogP contribution in [0.5, 0.6) is 0 Å². The minimum absolute atomic E-state index is 0.920. The third-order valence-electron chi connectivity index (χ3n) is 2.90. The molecule has 0 aliphatic heterocycles. The summed E-state index contributed by atoms with van der Waals surface area (Å²) in [7, 11) is 0. The lowest BCUT2D eigenvalue weighted by Gasteiger charge is -2.21. The highest BCUT2D eigenvalue weighted by molar-refractivity contribution is 5.14. The van der Waals surface area contributed by atoms with Crippen molar-refractivity contribution in [1.82, 2.24) is 9.88 Å². The van der Waals surface area contributed by atoms with Gasteiger partial charge in [0.25, 0.3) is 0 Å². The summed E-state index contributed by atoms with van der Waals surface area (Å²) in [4.78, 5) is 6.84. The highest BCUT2D eigenvalue weighted by Gasteiger charge is 2.06. The third-order valence-corrected chi connectivity index (χ3v) is 2.90. The smallest absolute Gasteiger partial charge is 0.0544 e. The Labute approximate surface area is 109 Å². The van der Waals surface area contributed by atoms with Gasteiger partial charge in [-0.25, -0.2) is 0 Å². The molecule has 0 spiro atoms. The van der Waals surface area contributed by atoms with Gasteiger partial charge in [0.05, 0.1) is 5.69 Å². The molecule has 2 rings (SSSR count). The predicted octanol–water partition coefficient (Wildman–Crippen LogP) is 3.49. The molecular weight excluding hydrogens is 220 g/mol. The summed E-state index contributed by atoms with van der Waals surface area (Å²) in [6.45, 7) is 5.23. The maximum Gasteiger partial charge on any atom is 0.0544 e. The number of hydrogen-bond acceptors (Lipinski definition) is 2. The van der Waals surface area contributed by atoms with E-state index in [0.29, 0.717) is 0 Å². The molecule has 0 atom stereocenters. The fraction of sp³-hybridized carbons (Fsp3) is 0.312. The minimum atomic E-state index is 0.920. The first-order valence-electron chi connectivity index (χ1n) is 6.54. The van der Waals surface area contributed by atoms with E-state index in [2.05, 4.69) is 59.3 Å². The van der Waals surface area contributed by atoms with Crippen LogP contribution >= 0.6 is 0 Å². The Morgan fingerprint density at radius 3 is 2.39 bits per heavy atom. The molecule has 0 saturated heterocycles. The van der Waals surface area contributed by atoms with E-state index in [1.807, 2.05) is 12.3 Å². The summed E-state index contributed by atoms with van der Waals surface area (Å²) in [5, 5.41) is 0. The van der Waals surface area contributed by atoms with Gasteiger partial charge in [-0.2, -0.15) is 0 Å². The third kappa shape index (κ3) is 3.97. The molecule has 0 fully saturated rings. The summed E-state index contributed by atoms with van der Waals surface area (Å²) in [5.74, 6) is 0. The van der Waals surface area contributed by atoms with Crippen LogP contribution in [-0.4, -0.2) is 16.4 Å². The Morgan fingerprint density at radius 2 is 1.72 bits per heavy atom. The summed E-state index contributed by atoms with van der Waals surface area (Å²) < 4.78 is 0. The molecule has 1 aromatic carbocycles. The molecule has 2 aromatic rings. The van der Waals surface area contributed by atoms with Gasteiger partial charge in [0.1, 0.15) is 0 Å². The van der Waals surface area contributed by atoms with E-state index in [4.69, 9.17) is 0 Å². The van der Waals surface area contributed by atoms with Crippen LogP contribution in [0.1, 0.15) is 24.6 Å². The Bertz CT molecular complexity index is 398. The van der Waals surface area contributed by atoms with E-state index in [1.54, 1.807) is 0 Å². The van der Waals surface area contributed by atoms with Gasteiger partial charge in [0.15, 0.2) is 0 Å². The molecular formula is C16H20N2. The second kappa shape index (κ2) is 6.92. The lowest BCUT2D eigenvalue weighted by Crippen LogP contribution is -2.24. The first-order chi connectivity index (χ1) is 8.88. The van der Waals surface area contributed by atoms with Gasteiger partial charge in [-0.3, -0.25) is 9.88 Å². The lowest BCUT2D eigenvalue weighted by atomic mass is 10.2. The average Bonchev–Trinajstić information content (AvgIpc) is 2.41. The normalized spacial score (nSPS) is 10.8. The van der Waals surface area contributed by atoms with Crippen molar-refractivity contribution in [3.05, 3.63) is 66.0 Å². The molecule has 1 aromatic heterocycles. The number of pyridine rings is 1. The van der Waals surface area contributed by atoms with Crippen molar-refractivity contribution < 1.29 is 0 Å². The van der Waals surface area contributed by atoms with Gasteiger partial charge in [-0.1, -0.05) is 43.3 Å². The summed E-state index contributed by atoms with van der Waals surface area (Å²) in [6.07, 6.45) is 3.03. The van der Waals surface area contributed by atoms with Crippen molar-refractivity contribution >= 4 is 0 Å². The fourth-order valence-corrected chi connectivity index (χ4v) is 2.09. The molecule has 2 nitrogen and oxygen atoms in total. The lowest BCUT2D eigenvalue weighted by molar-refractivity contribution is 0.254. The van der Waals surface area contributed by atoms with Crippen LogP contribution < -0.4 is 0 Å². The van der Waals surface area contributed by atoms with Gasteiger partial charge in [0, 0.05) is 19.3 Å². The van der Waals surface area contributed by atoms with Crippen molar-refractivity contribution in [2.75, 3.05) is 6.54 Å². The summed E-state index contributed by atoms with van der Waals surface area (Å²) in [5.41, 5.74) is 2.50. The highest BCUT2D eigenvalue weighted by Crippen LogP contribution is 2.08. The van der Waals surface area contributed by atoms with Crippen LogP contribution in [0.4, 0.5) is 0 Å². The molecule has 0 radical (unpaired) electrons. The van der Waals surface area contributed by atoms with E-state index < -0.39 is 0 Å². The van der Waals surface area contributed by atoms with Crippen LogP contribution in [-0.2, 0) is 13.1 Å². The van der Waals surface area contributed by atoms with E-state index >= 15 is 0 Å². The Kier molecular flexibility index (Phi) is 4.91. The predicted molar refractivity (Wildman–Crippen MR) is 75.1 cm³/mol. The van der Waals surface area contributed by atoms with Gasteiger partial charge >= 0.3 is 0 Å². The van der Waals surface area contributed by atoms with Crippen LogP contribution in [0.25, 0.3) is 0 Å². The first kappa shape index (κ1) is 12.8. The highest BCUT2D eigenvalue weighted by atomic mass is 15.1. The Morgan fingerprint density at radius 1 is 0.944 bits per heavy atom. The largest absolute Gasteiger partial charge is 0.293 e. The fourth-order valence-electron chi connectivity index (χ4n) is 2.09. The number of rotatable bonds is 6. The molecule has 0 N–H and O–H groups in total. The minimum Gasteiger partial charge on any atom is -0.293 e. The first-order valence-corrected chi connectivity index (χ1v) is 6.54. The van der Waals surface area contributed by atoms with Crippen molar-refractivity contribution in [1.29, 1.82) is 0 Å². The average molecular weight is 240 g/mol. The van der Waals surface area contributed by atoms with Gasteiger partial charge in [-0.15, -0.1) is 0 Å². The van der Waals surface area contributed by atoms with E-state index in [-0.39, 0.29) is 0 Å².